The molecule has 2 heterocycles. The van der Waals surface area contributed by atoms with Gasteiger partial charge in [0.15, 0.2) is 16.6 Å². The number of carbonyl (C=O) groups is 4. The van der Waals surface area contributed by atoms with E-state index in [0.717, 1.165) is 5.56 Å². The molecule has 42 heavy (non-hydrogen) atoms. The van der Waals surface area contributed by atoms with Gasteiger partial charge in [-0.2, -0.15) is 0 Å². The highest BCUT2D eigenvalue weighted by Crippen LogP contribution is 2.35. The minimum atomic E-state index is -0.915. The summed E-state index contributed by atoms with van der Waals surface area (Å²) in [7, 11) is 1.29. The molecule has 0 spiro atoms. The van der Waals surface area contributed by atoms with Crippen LogP contribution in [0.1, 0.15) is 39.6 Å². The number of nitrogens with one attached hydrogen (secondary N) is 1. The Morgan fingerprint density at radius 2 is 1.62 bits per heavy atom. The monoisotopic (exact) mass is 589 g/mol. The molecule has 2 aliphatic heterocycles. The van der Waals surface area contributed by atoms with Gasteiger partial charge in [-0.05, 0) is 85.4 Å². The summed E-state index contributed by atoms with van der Waals surface area (Å²) in [5.41, 5.74) is 2.39. The van der Waals surface area contributed by atoms with Crippen LogP contribution in [0.4, 0.5) is 11.4 Å². The molecule has 1 fully saturated rings. The predicted octanol–water partition coefficient (Wildman–Crippen LogP) is 3.91. The molecule has 5 rings (SSSR count). The molecule has 0 aromatic heterocycles. The lowest BCUT2D eigenvalue weighted by Gasteiger charge is -2.24. The summed E-state index contributed by atoms with van der Waals surface area (Å²) in [5.74, 6) is -0.570. The average Bonchev–Trinajstić information content (AvgIpc) is 3.55. The topological polar surface area (TPSA) is 124 Å². The second kappa shape index (κ2) is 12.3. The molecule has 0 saturated carbocycles. The fourth-order valence-corrected chi connectivity index (χ4v) is 5.03. The third-order valence-electron chi connectivity index (χ3n) is 6.71. The molecule has 1 atom stereocenters. The lowest BCUT2D eigenvalue weighted by Crippen LogP contribution is -2.37. The van der Waals surface area contributed by atoms with Crippen molar-refractivity contribution in [2.45, 2.75) is 25.9 Å². The average molecular weight is 590 g/mol. The molecule has 3 aromatic carbocycles. The molecule has 0 aliphatic carbocycles. The molecule has 1 saturated heterocycles. The van der Waals surface area contributed by atoms with Crippen molar-refractivity contribution in [1.29, 1.82) is 0 Å². The van der Waals surface area contributed by atoms with E-state index >= 15 is 0 Å². The van der Waals surface area contributed by atoms with Gasteiger partial charge in [0.1, 0.15) is 6.04 Å². The minimum Gasteiger partial charge on any atom is -0.465 e. The van der Waals surface area contributed by atoms with E-state index in [9.17, 15) is 19.2 Å². The van der Waals surface area contributed by atoms with Crippen LogP contribution in [0.5, 0.6) is 11.5 Å². The first-order valence-corrected chi connectivity index (χ1v) is 13.5. The van der Waals surface area contributed by atoms with Gasteiger partial charge in [-0.25, -0.2) is 9.59 Å². The summed E-state index contributed by atoms with van der Waals surface area (Å²) in [4.78, 5) is 53.8. The normalized spacial score (nSPS) is 15.5. The molecule has 1 N–H and O–H groups in total. The van der Waals surface area contributed by atoms with Gasteiger partial charge in [-0.3, -0.25) is 14.5 Å². The molecule has 2 amide bonds. The van der Waals surface area contributed by atoms with Crippen molar-refractivity contribution in [2.75, 3.05) is 30.7 Å². The maximum atomic E-state index is 13.8. The number of methoxy groups -OCH3 is 1. The summed E-state index contributed by atoms with van der Waals surface area (Å²) >= 11 is 5.76. The maximum Gasteiger partial charge on any atom is 0.338 e. The Hall–Kier alpha value is -4.97. The van der Waals surface area contributed by atoms with Gasteiger partial charge in [0.05, 0.1) is 37.0 Å². The first-order chi connectivity index (χ1) is 20.3. The fourth-order valence-electron chi connectivity index (χ4n) is 4.64. The van der Waals surface area contributed by atoms with E-state index in [1.54, 1.807) is 54.3 Å². The number of thiocarbonyl (C=S) groups is 1. The number of anilines is 2. The van der Waals surface area contributed by atoms with Crippen molar-refractivity contribution < 1.29 is 38.1 Å². The van der Waals surface area contributed by atoms with Crippen LogP contribution in [-0.2, 0) is 25.6 Å². The third kappa shape index (κ3) is 5.88. The zero-order chi connectivity index (χ0) is 29.8. The molecule has 0 radical (unpaired) electrons. The first-order valence-electron chi connectivity index (χ1n) is 13.1. The highest BCUT2D eigenvalue weighted by atomic mass is 32.1. The lowest BCUT2D eigenvalue weighted by molar-refractivity contribution is -0.124. The largest absolute Gasteiger partial charge is 0.465 e. The Balaban J connectivity index is 1.38. The number of esters is 2. The lowest BCUT2D eigenvalue weighted by atomic mass is 10.1. The Kier molecular flexibility index (Phi) is 8.34. The summed E-state index contributed by atoms with van der Waals surface area (Å²) in [6, 6.07) is 17.1. The van der Waals surface area contributed by atoms with E-state index in [4.69, 9.17) is 31.2 Å². The molecule has 12 heteroatoms. The van der Waals surface area contributed by atoms with Gasteiger partial charge in [0, 0.05) is 12.2 Å². The number of nitrogens with zero attached hydrogens (tertiary/aromatic N) is 2. The van der Waals surface area contributed by atoms with Gasteiger partial charge < -0.3 is 29.2 Å². The van der Waals surface area contributed by atoms with Crippen molar-refractivity contribution in [2.24, 2.45) is 0 Å². The SMILES string of the molecule is CCOC(=O)c1ccc(N2C(=O)C(CC(=O)Nc3ccc(C(=O)OC)cc3)N(Cc3ccc4c(c3)OCO4)C2=S)cc1. The predicted molar refractivity (Wildman–Crippen MR) is 155 cm³/mol. The summed E-state index contributed by atoms with van der Waals surface area (Å²) < 4.78 is 20.6. The molecule has 0 bridgehead atoms. The van der Waals surface area contributed by atoms with Crippen LogP contribution >= 0.6 is 12.2 Å². The number of hydrogen-bond donors (Lipinski definition) is 1. The van der Waals surface area contributed by atoms with Gasteiger partial charge in [0.25, 0.3) is 5.91 Å². The van der Waals surface area contributed by atoms with E-state index in [2.05, 4.69) is 5.32 Å². The summed E-state index contributed by atoms with van der Waals surface area (Å²) in [5, 5.41) is 2.98. The Labute approximate surface area is 246 Å². The molecular formula is C30H27N3O8S. The zero-order valence-electron chi connectivity index (χ0n) is 22.8. The van der Waals surface area contributed by atoms with Gasteiger partial charge in [-0.15, -0.1) is 0 Å². The number of fused-ring (bicyclic) bond motifs is 1. The number of amides is 2. The van der Waals surface area contributed by atoms with Crippen LogP contribution in [0.3, 0.4) is 0 Å². The van der Waals surface area contributed by atoms with E-state index in [0.29, 0.717) is 34.0 Å². The van der Waals surface area contributed by atoms with E-state index in [1.165, 1.54) is 24.1 Å². The standard InChI is InChI=1S/C30H27N3O8S/c1-3-39-29(37)20-7-11-22(12-8-20)33-27(35)23(15-26(34)31-21-9-5-19(6-10-21)28(36)38-2)32(30(33)42)16-18-4-13-24-25(14-18)41-17-40-24/h4-14,23H,3,15-17H2,1-2H3,(H,31,34). The summed E-state index contributed by atoms with van der Waals surface area (Å²) in [6.45, 7) is 2.31. The van der Waals surface area contributed by atoms with Crippen molar-refractivity contribution in [3.63, 3.8) is 0 Å². The van der Waals surface area contributed by atoms with Crippen LogP contribution in [0.15, 0.2) is 66.7 Å². The van der Waals surface area contributed by atoms with Crippen LogP contribution in [-0.4, -0.2) is 60.3 Å². The molecular weight excluding hydrogens is 562 g/mol. The van der Waals surface area contributed by atoms with E-state index in [-0.39, 0.29) is 37.4 Å². The summed E-state index contributed by atoms with van der Waals surface area (Å²) in [6.07, 6.45) is -0.195. The van der Waals surface area contributed by atoms with Gasteiger partial charge in [0.2, 0.25) is 12.7 Å². The van der Waals surface area contributed by atoms with E-state index < -0.39 is 23.9 Å². The molecule has 216 valence electrons. The smallest absolute Gasteiger partial charge is 0.338 e. The van der Waals surface area contributed by atoms with E-state index in [1.807, 2.05) is 12.1 Å². The quantitative estimate of drug-likeness (QED) is 0.290. The molecule has 3 aromatic rings. The van der Waals surface area contributed by atoms with Crippen LogP contribution < -0.4 is 19.7 Å². The Morgan fingerprint density at radius 3 is 2.31 bits per heavy atom. The number of benzene rings is 3. The van der Waals surface area contributed by atoms with Crippen molar-refractivity contribution in [3.8, 4) is 11.5 Å². The fraction of sp³-hybridized carbons (Fsp3) is 0.233. The number of hydrogen-bond acceptors (Lipinski definition) is 9. The second-order valence-corrected chi connectivity index (χ2v) is 9.74. The van der Waals surface area contributed by atoms with Crippen LogP contribution in [0.25, 0.3) is 0 Å². The minimum absolute atomic E-state index is 0.123. The molecule has 1 unspecified atom stereocenters. The number of rotatable bonds is 9. The second-order valence-electron chi connectivity index (χ2n) is 9.38. The van der Waals surface area contributed by atoms with Crippen molar-refractivity contribution in [3.05, 3.63) is 83.4 Å². The first kappa shape index (κ1) is 28.6. The van der Waals surface area contributed by atoms with Gasteiger partial charge >= 0.3 is 11.9 Å². The highest BCUT2D eigenvalue weighted by molar-refractivity contribution is 7.80. The third-order valence-corrected chi connectivity index (χ3v) is 7.13. The molecule has 2 aliphatic rings. The Bertz CT molecular complexity index is 1540. The number of carbonyl (C=O) groups excluding carboxylic acids is 4. The maximum absolute atomic E-state index is 13.8. The molecule has 11 nitrogen and oxygen atoms in total. The van der Waals surface area contributed by atoms with Crippen molar-refractivity contribution >= 4 is 52.5 Å². The van der Waals surface area contributed by atoms with Crippen LogP contribution in [0.2, 0.25) is 0 Å². The van der Waals surface area contributed by atoms with Crippen LogP contribution in [0, 0.1) is 0 Å². The number of ether oxygens (including phenoxy) is 4. The van der Waals surface area contributed by atoms with Gasteiger partial charge in [-0.1, -0.05) is 6.07 Å². The van der Waals surface area contributed by atoms with Crippen molar-refractivity contribution in [1.82, 2.24) is 4.90 Å². The highest BCUT2D eigenvalue weighted by Gasteiger charge is 2.44. The Morgan fingerprint density at radius 1 is 0.952 bits per heavy atom. The zero-order valence-corrected chi connectivity index (χ0v) is 23.6.